The van der Waals surface area contributed by atoms with E-state index in [2.05, 4.69) is 40.7 Å². The maximum atomic E-state index is 10.3. The molecule has 1 unspecified atom stereocenters. The predicted molar refractivity (Wildman–Crippen MR) is 124 cm³/mol. The summed E-state index contributed by atoms with van der Waals surface area (Å²) in [5.74, 6) is 5.04. The fourth-order valence-electron chi connectivity index (χ4n) is 8.68. The molecule has 0 aromatic heterocycles. The Balaban J connectivity index is 1.52. The van der Waals surface area contributed by atoms with Crippen LogP contribution in [0.4, 0.5) is 0 Å². The summed E-state index contributed by atoms with van der Waals surface area (Å²) >= 11 is 6.98. The summed E-state index contributed by atoms with van der Waals surface area (Å²) in [7, 11) is 0. The summed E-state index contributed by atoms with van der Waals surface area (Å²) in [6.07, 6.45) is 15.0. The van der Waals surface area contributed by atoms with Gasteiger partial charge in [-0.3, -0.25) is 0 Å². The molecule has 166 valence electrons. The zero-order valence-electron chi connectivity index (χ0n) is 19.6. The molecule has 4 aliphatic rings. The van der Waals surface area contributed by atoms with Crippen LogP contribution >= 0.6 is 11.6 Å². The van der Waals surface area contributed by atoms with Crippen molar-refractivity contribution in [3.05, 3.63) is 11.6 Å². The smallest absolute Gasteiger partial charge is 0.0591 e. The van der Waals surface area contributed by atoms with Crippen LogP contribution in [0.3, 0.4) is 0 Å². The van der Waals surface area contributed by atoms with Gasteiger partial charge in [0, 0.05) is 10.8 Å². The topological polar surface area (TPSA) is 20.2 Å². The number of fused-ring (bicyclic) bond motifs is 5. The van der Waals surface area contributed by atoms with Crippen LogP contribution in [-0.4, -0.2) is 16.6 Å². The van der Waals surface area contributed by atoms with Crippen LogP contribution in [-0.2, 0) is 0 Å². The molecule has 0 aromatic rings. The van der Waals surface area contributed by atoms with Gasteiger partial charge in [0.15, 0.2) is 0 Å². The van der Waals surface area contributed by atoms with E-state index in [1.54, 1.807) is 0 Å². The summed E-state index contributed by atoms with van der Waals surface area (Å²) in [6, 6.07) is 0. The van der Waals surface area contributed by atoms with E-state index in [9.17, 15) is 5.11 Å². The Kier molecular flexibility index (Phi) is 6.24. The second-order valence-corrected chi connectivity index (χ2v) is 12.7. The summed E-state index contributed by atoms with van der Waals surface area (Å²) in [5, 5.41) is 10.4. The standard InChI is InChI=1S/C27H45ClO/c1-17(2)7-6-8-18(3)22-11-12-23-21-10-9-19-15-20(29)16-25(28)27(19,5)24(21)13-14-26(22,23)4/h9,17-18,20-25,29H,6-8,10-16H2,1-5H3/t18-,20-,21+,22-,23+,24+,25?,26-,27+/m1/s1. The third kappa shape index (κ3) is 3.65. The Morgan fingerprint density at radius 3 is 2.59 bits per heavy atom. The molecule has 2 heteroatoms. The van der Waals surface area contributed by atoms with E-state index in [0.29, 0.717) is 5.41 Å². The number of aliphatic hydroxyl groups excluding tert-OH is 1. The maximum absolute atomic E-state index is 10.3. The van der Waals surface area contributed by atoms with Crippen molar-refractivity contribution in [2.45, 2.75) is 110 Å². The first-order chi connectivity index (χ1) is 13.7. The number of rotatable bonds is 5. The van der Waals surface area contributed by atoms with E-state index in [1.165, 1.54) is 56.9 Å². The van der Waals surface area contributed by atoms with Gasteiger partial charge in [0.1, 0.15) is 0 Å². The molecule has 0 radical (unpaired) electrons. The van der Waals surface area contributed by atoms with Gasteiger partial charge < -0.3 is 5.11 Å². The van der Waals surface area contributed by atoms with Gasteiger partial charge in [-0.15, -0.1) is 11.6 Å². The van der Waals surface area contributed by atoms with Crippen molar-refractivity contribution in [1.29, 1.82) is 0 Å². The molecule has 29 heavy (non-hydrogen) atoms. The SMILES string of the molecule is CC(C)CCC[C@@H](C)[C@H]1CC[C@H]2[C@@H]3CC=C4C[C@@H](O)CC(Cl)[C@]4(C)[C@H]3CC[C@]12C. The summed E-state index contributed by atoms with van der Waals surface area (Å²) < 4.78 is 0. The summed E-state index contributed by atoms with van der Waals surface area (Å²) in [4.78, 5) is 0. The average Bonchev–Trinajstić information content (AvgIpc) is 3.00. The third-order valence-electron chi connectivity index (χ3n) is 10.3. The van der Waals surface area contributed by atoms with E-state index in [1.807, 2.05) is 0 Å². The van der Waals surface area contributed by atoms with Crippen LogP contribution in [0.1, 0.15) is 98.8 Å². The Hall–Kier alpha value is -0.0100. The van der Waals surface area contributed by atoms with Crippen molar-refractivity contribution < 1.29 is 5.11 Å². The fourth-order valence-corrected chi connectivity index (χ4v) is 9.19. The molecule has 0 amide bonds. The lowest BCUT2D eigenvalue weighted by atomic mass is 9.46. The van der Waals surface area contributed by atoms with Crippen molar-refractivity contribution >= 4 is 11.6 Å². The zero-order valence-corrected chi connectivity index (χ0v) is 20.3. The average molecular weight is 421 g/mol. The molecule has 0 spiro atoms. The van der Waals surface area contributed by atoms with Gasteiger partial charge in [-0.25, -0.2) is 0 Å². The van der Waals surface area contributed by atoms with Crippen molar-refractivity contribution in [2.24, 2.45) is 46.3 Å². The van der Waals surface area contributed by atoms with E-state index in [4.69, 9.17) is 11.6 Å². The highest BCUT2D eigenvalue weighted by molar-refractivity contribution is 6.21. The van der Waals surface area contributed by atoms with Gasteiger partial charge in [-0.05, 0) is 85.9 Å². The number of allylic oxidation sites excluding steroid dienone is 1. The largest absolute Gasteiger partial charge is 0.393 e. The fraction of sp³-hybridized carbons (Fsp3) is 0.926. The minimum Gasteiger partial charge on any atom is -0.393 e. The molecule has 1 nitrogen and oxygen atoms in total. The zero-order chi connectivity index (χ0) is 21.0. The van der Waals surface area contributed by atoms with Gasteiger partial charge in [0.05, 0.1) is 6.10 Å². The Bertz CT molecular complexity index is 626. The highest BCUT2D eigenvalue weighted by atomic mass is 35.5. The number of hydrogen-bond donors (Lipinski definition) is 1. The quantitative estimate of drug-likeness (QED) is 0.358. The van der Waals surface area contributed by atoms with Crippen molar-refractivity contribution in [2.75, 3.05) is 0 Å². The molecule has 1 N–H and O–H groups in total. The Morgan fingerprint density at radius 2 is 1.86 bits per heavy atom. The molecule has 0 aromatic carbocycles. The lowest BCUT2D eigenvalue weighted by Crippen LogP contribution is -2.54. The monoisotopic (exact) mass is 420 g/mol. The minimum absolute atomic E-state index is 0.0989. The first kappa shape index (κ1) is 22.2. The predicted octanol–water partition coefficient (Wildman–Crippen LogP) is 7.61. The molecule has 3 fully saturated rings. The van der Waals surface area contributed by atoms with Crippen LogP contribution < -0.4 is 0 Å². The molecule has 3 saturated carbocycles. The highest BCUT2D eigenvalue weighted by Gasteiger charge is 2.60. The van der Waals surface area contributed by atoms with Gasteiger partial charge in [0.2, 0.25) is 0 Å². The van der Waals surface area contributed by atoms with Crippen molar-refractivity contribution in [3.63, 3.8) is 0 Å². The first-order valence-electron chi connectivity index (χ1n) is 12.7. The highest BCUT2D eigenvalue weighted by Crippen LogP contribution is 2.67. The van der Waals surface area contributed by atoms with Gasteiger partial charge in [-0.2, -0.15) is 0 Å². The number of aliphatic hydroxyl groups is 1. The summed E-state index contributed by atoms with van der Waals surface area (Å²) in [6.45, 7) is 12.4. The second-order valence-electron chi connectivity index (χ2n) is 12.2. The lowest BCUT2D eigenvalue weighted by Gasteiger charge is -2.59. The van der Waals surface area contributed by atoms with E-state index >= 15 is 0 Å². The second kappa shape index (κ2) is 8.16. The van der Waals surface area contributed by atoms with E-state index < -0.39 is 0 Å². The van der Waals surface area contributed by atoms with E-state index in [-0.39, 0.29) is 16.9 Å². The first-order valence-corrected chi connectivity index (χ1v) is 13.1. The molecule has 0 bridgehead atoms. The molecular weight excluding hydrogens is 376 g/mol. The molecule has 0 heterocycles. The molecule has 0 saturated heterocycles. The van der Waals surface area contributed by atoms with Crippen molar-refractivity contribution in [3.8, 4) is 0 Å². The summed E-state index contributed by atoms with van der Waals surface area (Å²) in [5.41, 5.74) is 2.14. The molecule has 9 atom stereocenters. The van der Waals surface area contributed by atoms with Crippen LogP contribution in [0.5, 0.6) is 0 Å². The molecule has 4 aliphatic carbocycles. The van der Waals surface area contributed by atoms with Gasteiger partial charge in [-0.1, -0.05) is 65.5 Å². The number of alkyl halides is 1. The van der Waals surface area contributed by atoms with Gasteiger partial charge >= 0.3 is 0 Å². The normalized spacial score (nSPS) is 47.9. The molecule has 0 aliphatic heterocycles. The van der Waals surface area contributed by atoms with Crippen LogP contribution in [0.2, 0.25) is 0 Å². The van der Waals surface area contributed by atoms with Gasteiger partial charge in [0.25, 0.3) is 0 Å². The van der Waals surface area contributed by atoms with Crippen molar-refractivity contribution in [1.82, 2.24) is 0 Å². The van der Waals surface area contributed by atoms with Crippen LogP contribution in [0.15, 0.2) is 11.6 Å². The number of halogens is 1. The molecular formula is C27H45ClO. The Labute approximate surface area is 185 Å². The van der Waals surface area contributed by atoms with E-state index in [0.717, 1.165) is 48.3 Å². The van der Waals surface area contributed by atoms with Crippen LogP contribution in [0, 0.1) is 46.3 Å². The third-order valence-corrected chi connectivity index (χ3v) is 11.0. The lowest BCUT2D eigenvalue weighted by molar-refractivity contribution is -0.0557. The minimum atomic E-state index is -0.232. The van der Waals surface area contributed by atoms with Crippen LogP contribution in [0.25, 0.3) is 0 Å². The molecule has 4 rings (SSSR count). The Morgan fingerprint density at radius 1 is 1.10 bits per heavy atom. The number of hydrogen-bond acceptors (Lipinski definition) is 1. The maximum Gasteiger partial charge on any atom is 0.0591 e.